The molecule has 21 heavy (non-hydrogen) atoms. The lowest BCUT2D eigenvalue weighted by Gasteiger charge is -2.07. The number of halogens is 1. The van der Waals surface area contributed by atoms with Crippen LogP contribution in [-0.4, -0.2) is 10.9 Å². The highest BCUT2D eigenvalue weighted by Crippen LogP contribution is 2.25. The van der Waals surface area contributed by atoms with E-state index in [9.17, 15) is 4.79 Å². The van der Waals surface area contributed by atoms with Crippen molar-refractivity contribution >= 4 is 28.8 Å². The Hall–Kier alpha value is -2.57. The van der Waals surface area contributed by atoms with Crippen molar-refractivity contribution in [3.63, 3.8) is 0 Å². The van der Waals surface area contributed by atoms with Crippen molar-refractivity contribution in [2.75, 3.05) is 0 Å². The van der Waals surface area contributed by atoms with Crippen LogP contribution < -0.4 is 0 Å². The van der Waals surface area contributed by atoms with Crippen LogP contribution in [0.5, 0.6) is 0 Å². The number of aromatic nitrogens is 1. The minimum Gasteiger partial charge on any atom is -0.342 e. The summed E-state index contributed by atoms with van der Waals surface area (Å²) in [7, 11) is 0. The van der Waals surface area contributed by atoms with Crippen LogP contribution in [0, 0.1) is 11.3 Å². The van der Waals surface area contributed by atoms with E-state index in [2.05, 4.69) is 6.07 Å². The second kappa shape index (κ2) is 5.43. The number of aldehydes is 1. The van der Waals surface area contributed by atoms with E-state index in [-0.39, 0.29) is 0 Å². The van der Waals surface area contributed by atoms with Gasteiger partial charge in [-0.05, 0) is 23.8 Å². The number of carbonyl (C=O) groups is 1. The molecule has 102 valence electrons. The molecule has 0 aliphatic rings. The quantitative estimate of drug-likeness (QED) is 0.685. The van der Waals surface area contributed by atoms with Gasteiger partial charge in [0.15, 0.2) is 6.29 Å². The Morgan fingerprint density at radius 2 is 2.05 bits per heavy atom. The Kier molecular flexibility index (Phi) is 3.47. The fourth-order valence-corrected chi connectivity index (χ4v) is 2.64. The van der Waals surface area contributed by atoms with Crippen molar-refractivity contribution < 1.29 is 4.79 Å². The summed E-state index contributed by atoms with van der Waals surface area (Å²) in [5, 5.41) is 10.7. The highest BCUT2D eigenvalue weighted by molar-refractivity contribution is 6.31. The van der Waals surface area contributed by atoms with Gasteiger partial charge in [-0.15, -0.1) is 0 Å². The number of hydrogen-bond acceptors (Lipinski definition) is 2. The molecule has 1 aromatic heterocycles. The molecule has 0 aliphatic carbocycles. The van der Waals surface area contributed by atoms with Crippen molar-refractivity contribution in [1.29, 1.82) is 5.26 Å². The lowest BCUT2D eigenvalue weighted by molar-refractivity contribution is 0.112. The monoisotopic (exact) mass is 294 g/mol. The minimum atomic E-state index is 0.522. The van der Waals surface area contributed by atoms with E-state index in [1.807, 2.05) is 34.9 Å². The lowest BCUT2D eigenvalue weighted by Crippen LogP contribution is -2.00. The van der Waals surface area contributed by atoms with Gasteiger partial charge in [-0.25, -0.2) is 0 Å². The van der Waals surface area contributed by atoms with Crippen LogP contribution in [0.15, 0.2) is 48.7 Å². The molecule has 0 atom stereocenters. The average molecular weight is 295 g/mol. The predicted octanol–water partition coefficient (Wildman–Crippen LogP) is 4.03. The van der Waals surface area contributed by atoms with Crippen LogP contribution >= 0.6 is 11.6 Å². The normalized spacial score (nSPS) is 10.5. The lowest BCUT2D eigenvalue weighted by atomic mass is 10.1. The third-order valence-corrected chi connectivity index (χ3v) is 3.72. The number of rotatable bonds is 3. The first-order valence-corrected chi connectivity index (χ1v) is 6.82. The predicted molar refractivity (Wildman–Crippen MR) is 82.6 cm³/mol. The molecule has 3 nitrogen and oxygen atoms in total. The van der Waals surface area contributed by atoms with Crippen molar-refractivity contribution in [1.82, 2.24) is 4.57 Å². The average Bonchev–Trinajstić information content (AvgIpc) is 2.85. The van der Waals surface area contributed by atoms with Gasteiger partial charge >= 0.3 is 0 Å². The third-order valence-electron chi connectivity index (χ3n) is 3.48. The number of carbonyl (C=O) groups excluding carboxylic acids is 1. The van der Waals surface area contributed by atoms with Crippen LogP contribution in [0.2, 0.25) is 5.02 Å². The van der Waals surface area contributed by atoms with Crippen molar-refractivity contribution in [2.45, 2.75) is 6.54 Å². The topological polar surface area (TPSA) is 45.8 Å². The van der Waals surface area contributed by atoms with Crippen LogP contribution in [0.25, 0.3) is 10.9 Å². The molecule has 0 spiro atoms. The number of benzene rings is 2. The molecule has 0 saturated heterocycles. The Bertz CT molecular complexity index is 874. The van der Waals surface area contributed by atoms with E-state index in [1.165, 1.54) is 0 Å². The maximum Gasteiger partial charge on any atom is 0.152 e. The molecule has 3 rings (SSSR count). The SMILES string of the molecule is N#Cc1ccccc1Cn1cc(C=O)c2ccc(Cl)cc21. The summed E-state index contributed by atoms with van der Waals surface area (Å²) in [5.41, 5.74) is 3.05. The molecule has 0 aliphatic heterocycles. The second-order valence-electron chi connectivity index (χ2n) is 4.76. The summed E-state index contributed by atoms with van der Waals surface area (Å²) in [6.07, 6.45) is 2.63. The van der Waals surface area contributed by atoms with E-state index >= 15 is 0 Å². The molecule has 0 saturated carbocycles. The first-order chi connectivity index (χ1) is 10.2. The molecule has 0 unspecified atom stereocenters. The van der Waals surface area contributed by atoms with Gasteiger partial charge < -0.3 is 4.57 Å². The molecular formula is C17H11ClN2O. The zero-order chi connectivity index (χ0) is 14.8. The van der Waals surface area contributed by atoms with Gasteiger partial charge in [0.25, 0.3) is 0 Å². The van der Waals surface area contributed by atoms with Gasteiger partial charge in [-0.3, -0.25) is 4.79 Å². The van der Waals surface area contributed by atoms with Gasteiger partial charge in [0.2, 0.25) is 0 Å². The van der Waals surface area contributed by atoms with Gasteiger partial charge in [-0.2, -0.15) is 5.26 Å². The van der Waals surface area contributed by atoms with E-state index < -0.39 is 0 Å². The molecule has 0 bridgehead atoms. The summed E-state index contributed by atoms with van der Waals surface area (Å²) in [6.45, 7) is 0.522. The van der Waals surface area contributed by atoms with Crippen molar-refractivity contribution in [3.8, 4) is 6.07 Å². The standard InChI is InChI=1S/C17H11ClN2O/c18-15-5-6-16-14(11-21)10-20(17(16)7-15)9-13-4-2-1-3-12(13)8-19/h1-7,10-11H,9H2. The maximum absolute atomic E-state index is 11.2. The Balaban J connectivity index is 2.15. The van der Waals surface area contributed by atoms with Gasteiger partial charge in [-0.1, -0.05) is 35.9 Å². The number of nitriles is 1. The first-order valence-electron chi connectivity index (χ1n) is 6.44. The second-order valence-corrected chi connectivity index (χ2v) is 5.20. The van der Waals surface area contributed by atoms with Gasteiger partial charge in [0, 0.05) is 28.7 Å². The molecule has 0 radical (unpaired) electrons. The molecule has 0 fully saturated rings. The highest BCUT2D eigenvalue weighted by Gasteiger charge is 2.10. The molecule has 3 aromatic rings. The zero-order valence-electron chi connectivity index (χ0n) is 11.1. The summed E-state index contributed by atoms with van der Waals surface area (Å²) < 4.78 is 1.95. The van der Waals surface area contributed by atoms with Gasteiger partial charge in [0.05, 0.1) is 17.1 Å². The largest absolute Gasteiger partial charge is 0.342 e. The summed E-state index contributed by atoms with van der Waals surface area (Å²) in [5.74, 6) is 0. The van der Waals surface area contributed by atoms with Crippen LogP contribution in [0.3, 0.4) is 0 Å². The Morgan fingerprint density at radius 3 is 2.81 bits per heavy atom. The number of fused-ring (bicyclic) bond motifs is 1. The molecular weight excluding hydrogens is 284 g/mol. The summed E-state index contributed by atoms with van der Waals surface area (Å²) >= 11 is 6.05. The van der Waals surface area contributed by atoms with Crippen LogP contribution in [0.4, 0.5) is 0 Å². The van der Waals surface area contributed by atoms with Crippen LogP contribution in [0.1, 0.15) is 21.5 Å². The van der Waals surface area contributed by atoms with E-state index in [1.54, 1.807) is 18.3 Å². The molecule has 2 aromatic carbocycles. The summed E-state index contributed by atoms with van der Waals surface area (Å²) in [6, 6.07) is 15.1. The summed E-state index contributed by atoms with van der Waals surface area (Å²) in [4.78, 5) is 11.2. The van der Waals surface area contributed by atoms with Crippen molar-refractivity contribution in [3.05, 3.63) is 70.4 Å². The molecule has 4 heteroatoms. The Labute approximate surface area is 127 Å². The third kappa shape index (κ3) is 2.42. The fraction of sp³-hybridized carbons (Fsp3) is 0.0588. The minimum absolute atomic E-state index is 0.522. The smallest absolute Gasteiger partial charge is 0.152 e. The maximum atomic E-state index is 11.2. The molecule has 1 heterocycles. The van der Waals surface area contributed by atoms with E-state index in [0.29, 0.717) is 22.7 Å². The zero-order valence-corrected chi connectivity index (χ0v) is 11.8. The molecule has 0 N–H and O–H groups in total. The van der Waals surface area contributed by atoms with E-state index in [4.69, 9.17) is 16.9 Å². The fourth-order valence-electron chi connectivity index (χ4n) is 2.47. The van der Waals surface area contributed by atoms with Crippen molar-refractivity contribution in [2.24, 2.45) is 0 Å². The van der Waals surface area contributed by atoms with E-state index in [0.717, 1.165) is 22.8 Å². The van der Waals surface area contributed by atoms with Crippen LogP contribution in [-0.2, 0) is 6.54 Å². The van der Waals surface area contributed by atoms with Gasteiger partial charge in [0.1, 0.15) is 0 Å². The Morgan fingerprint density at radius 1 is 1.24 bits per heavy atom. The first kappa shape index (κ1) is 13.4. The molecule has 0 amide bonds. The number of nitrogens with zero attached hydrogens (tertiary/aromatic N) is 2. The number of hydrogen-bond donors (Lipinski definition) is 0. The highest BCUT2D eigenvalue weighted by atomic mass is 35.5.